The number of carbonyl (C=O) groups excluding carboxylic acids is 1. The molecule has 0 heterocycles. The maximum atomic E-state index is 11.8. The highest BCUT2D eigenvalue weighted by Gasteiger charge is 2.28. The third-order valence-corrected chi connectivity index (χ3v) is 3.87. The summed E-state index contributed by atoms with van der Waals surface area (Å²) >= 11 is 0. The molecule has 1 aliphatic carbocycles. The summed E-state index contributed by atoms with van der Waals surface area (Å²) in [5, 5.41) is 18.7. The number of methoxy groups -OCH3 is 1. The molecule has 0 radical (unpaired) electrons. The highest BCUT2D eigenvalue weighted by atomic mass is 16.5. The second-order valence-electron chi connectivity index (χ2n) is 5.53. The van der Waals surface area contributed by atoms with Gasteiger partial charge >= 0.3 is 11.9 Å². The number of hydrogen-bond acceptors (Lipinski definition) is 5. The molecule has 1 saturated carbocycles. The summed E-state index contributed by atoms with van der Waals surface area (Å²) in [6.07, 6.45) is 4.86. The maximum absolute atomic E-state index is 11.8. The second kappa shape index (κ2) is 7.67. The van der Waals surface area contributed by atoms with Crippen molar-refractivity contribution in [2.24, 2.45) is 5.92 Å². The van der Waals surface area contributed by atoms with Crippen LogP contribution in [0.25, 0.3) is 6.08 Å². The predicted molar refractivity (Wildman–Crippen MR) is 83.2 cm³/mol. The van der Waals surface area contributed by atoms with E-state index in [9.17, 15) is 14.7 Å². The zero-order chi connectivity index (χ0) is 16.8. The number of ether oxygens (including phenoxy) is 2. The minimum Gasteiger partial charge on any atom is -0.504 e. The molecule has 1 aromatic carbocycles. The Morgan fingerprint density at radius 2 is 2.09 bits per heavy atom. The summed E-state index contributed by atoms with van der Waals surface area (Å²) in [4.78, 5) is 22.8. The molecule has 0 spiro atoms. The molecule has 2 N–H and O–H groups in total. The molecule has 0 saturated heterocycles. The molecular formula is C17H20O6. The van der Waals surface area contributed by atoms with Crippen LogP contribution in [-0.2, 0) is 14.3 Å². The molecule has 0 aliphatic heterocycles. The van der Waals surface area contributed by atoms with Gasteiger partial charge in [0.2, 0.25) is 0 Å². The van der Waals surface area contributed by atoms with Gasteiger partial charge in [-0.1, -0.05) is 6.07 Å². The Bertz CT molecular complexity index is 607. The van der Waals surface area contributed by atoms with E-state index in [0.29, 0.717) is 30.6 Å². The van der Waals surface area contributed by atoms with Crippen molar-refractivity contribution in [3.8, 4) is 11.5 Å². The molecule has 6 heteroatoms. The first kappa shape index (κ1) is 16.9. The Kier molecular flexibility index (Phi) is 5.62. The van der Waals surface area contributed by atoms with Gasteiger partial charge < -0.3 is 19.7 Å². The van der Waals surface area contributed by atoms with Crippen molar-refractivity contribution in [2.75, 3.05) is 7.11 Å². The van der Waals surface area contributed by atoms with Crippen LogP contribution < -0.4 is 4.74 Å². The van der Waals surface area contributed by atoms with Gasteiger partial charge in [0, 0.05) is 6.08 Å². The normalized spacial score (nSPS) is 21.1. The number of esters is 1. The monoisotopic (exact) mass is 320 g/mol. The molecule has 1 aromatic rings. The van der Waals surface area contributed by atoms with Gasteiger partial charge in [0.25, 0.3) is 0 Å². The number of carbonyl (C=O) groups is 2. The fraction of sp³-hybridized carbons (Fsp3) is 0.412. The molecule has 6 nitrogen and oxygen atoms in total. The average molecular weight is 320 g/mol. The molecule has 2 unspecified atom stereocenters. The van der Waals surface area contributed by atoms with E-state index >= 15 is 0 Å². The van der Waals surface area contributed by atoms with E-state index in [1.807, 2.05) is 0 Å². The van der Waals surface area contributed by atoms with Crippen molar-refractivity contribution < 1.29 is 29.3 Å². The van der Waals surface area contributed by atoms with Crippen LogP contribution in [0.2, 0.25) is 0 Å². The molecule has 0 amide bonds. The third-order valence-electron chi connectivity index (χ3n) is 3.87. The van der Waals surface area contributed by atoms with Crippen molar-refractivity contribution >= 4 is 18.0 Å². The van der Waals surface area contributed by atoms with Gasteiger partial charge in [-0.25, -0.2) is 4.79 Å². The van der Waals surface area contributed by atoms with Gasteiger partial charge in [-0.05, 0) is 49.5 Å². The van der Waals surface area contributed by atoms with Crippen LogP contribution >= 0.6 is 0 Å². The smallest absolute Gasteiger partial charge is 0.331 e. The van der Waals surface area contributed by atoms with Crippen LogP contribution in [0.5, 0.6) is 11.5 Å². The molecule has 2 rings (SSSR count). The van der Waals surface area contributed by atoms with Crippen molar-refractivity contribution in [3.63, 3.8) is 0 Å². The number of aliphatic carboxylic acids is 1. The highest BCUT2D eigenvalue weighted by molar-refractivity contribution is 5.87. The molecular weight excluding hydrogens is 300 g/mol. The lowest BCUT2D eigenvalue weighted by Gasteiger charge is -2.25. The molecule has 124 valence electrons. The molecule has 0 bridgehead atoms. The first-order valence-corrected chi connectivity index (χ1v) is 7.48. The number of aromatic hydroxyl groups is 1. The van der Waals surface area contributed by atoms with Crippen LogP contribution in [0, 0.1) is 5.92 Å². The quantitative estimate of drug-likeness (QED) is 0.640. The van der Waals surface area contributed by atoms with Crippen LogP contribution in [0.4, 0.5) is 0 Å². The standard InChI is InChI=1S/C17H20O6/c1-22-15-7-5-11(9-14(15)18)6-8-16(19)23-13-4-2-3-12(10-13)17(20)21/h5-9,12-13,18H,2-4,10H2,1H3,(H,20,21)/b8-6+. The van der Waals surface area contributed by atoms with Crippen molar-refractivity contribution in [1.82, 2.24) is 0 Å². The van der Waals surface area contributed by atoms with E-state index in [4.69, 9.17) is 14.6 Å². The van der Waals surface area contributed by atoms with Crippen molar-refractivity contribution in [3.05, 3.63) is 29.8 Å². The minimum absolute atomic E-state index is 0.0143. The number of phenolic OH excluding ortho intramolecular Hbond substituents is 1. The number of benzene rings is 1. The Morgan fingerprint density at radius 1 is 1.30 bits per heavy atom. The zero-order valence-corrected chi connectivity index (χ0v) is 12.9. The van der Waals surface area contributed by atoms with E-state index in [1.54, 1.807) is 12.1 Å². The van der Waals surface area contributed by atoms with E-state index in [1.165, 1.54) is 25.3 Å². The molecule has 1 aliphatic rings. The van der Waals surface area contributed by atoms with E-state index in [-0.39, 0.29) is 11.9 Å². The van der Waals surface area contributed by atoms with Crippen molar-refractivity contribution in [2.45, 2.75) is 31.8 Å². The van der Waals surface area contributed by atoms with Crippen LogP contribution in [0.15, 0.2) is 24.3 Å². The summed E-state index contributed by atoms with van der Waals surface area (Å²) in [6.45, 7) is 0. The summed E-state index contributed by atoms with van der Waals surface area (Å²) in [6, 6.07) is 4.77. The Labute approximate surface area is 134 Å². The maximum Gasteiger partial charge on any atom is 0.331 e. The van der Waals surface area contributed by atoms with Gasteiger partial charge in [-0.15, -0.1) is 0 Å². The van der Waals surface area contributed by atoms with E-state index < -0.39 is 17.9 Å². The minimum atomic E-state index is -0.838. The van der Waals surface area contributed by atoms with Crippen LogP contribution in [0.3, 0.4) is 0 Å². The fourth-order valence-electron chi connectivity index (χ4n) is 2.65. The number of carboxylic acid groups (broad SMARTS) is 1. The first-order chi connectivity index (χ1) is 11.0. The van der Waals surface area contributed by atoms with Gasteiger partial charge in [-0.3, -0.25) is 4.79 Å². The van der Waals surface area contributed by atoms with E-state index in [0.717, 1.165) is 6.42 Å². The third kappa shape index (κ3) is 4.74. The number of rotatable bonds is 5. The molecule has 0 aromatic heterocycles. The lowest BCUT2D eigenvalue weighted by Crippen LogP contribution is -2.28. The predicted octanol–water partition coefficient (Wildman–Crippen LogP) is 2.60. The van der Waals surface area contributed by atoms with Gasteiger partial charge in [0.05, 0.1) is 13.0 Å². The average Bonchev–Trinajstić information content (AvgIpc) is 2.53. The molecule has 2 atom stereocenters. The lowest BCUT2D eigenvalue weighted by atomic mass is 9.87. The summed E-state index contributed by atoms with van der Waals surface area (Å²) < 4.78 is 10.2. The van der Waals surface area contributed by atoms with Crippen molar-refractivity contribution in [1.29, 1.82) is 0 Å². The number of hydrogen-bond donors (Lipinski definition) is 2. The van der Waals surface area contributed by atoms with Crippen LogP contribution in [-0.4, -0.2) is 35.4 Å². The summed E-state index contributed by atoms with van der Waals surface area (Å²) in [7, 11) is 1.45. The largest absolute Gasteiger partial charge is 0.504 e. The van der Waals surface area contributed by atoms with E-state index in [2.05, 4.69) is 0 Å². The number of carboxylic acids is 1. The van der Waals surface area contributed by atoms with Gasteiger partial charge in [0.15, 0.2) is 11.5 Å². The molecule has 1 fully saturated rings. The summed E-state index contributed by atoms with van der Waals surface area (Å²) in [5.41, 5.74) is 0.632. The topological polar surface area (TPSA) is 93.1 Å². The Hall–Kier alpha value is -2.50. The van der Waals surface area contributed by atoms with Crippen LogP contribution in [0.1, 0.15) is 31.2 Å². The molecule has 23 heavy (non-hydrogen) atoms. The fourth-order valence-corrected chi connectivity index (χ4v) is 2.65. The summed E-state index contributed by atoms with van der Waals surface area (Å²) in [5.74, 6) is -1.46. The SMILES string of the molecule is COc1ccc(/C=C/C(=O)OC2CCCC(C(=O)O)C2)cc1O. The highest BCUT2D eigenvalue weighted by Crippen LogP contribution is 2.28. The van der Waals surface area contributed by atoms with Gasteiger partial charge in [-0.2, -0.15) is 0 Å². The number of phenols is 1. The zero-order valence-electron chi connectivity index (χ0n) is 12.9. The Morgan fingerprint density at radius 3 is 2.74 bits per heavy atom. The van der Waals surface area contributed by atoms with Gasteiger partial charge in [0.1, 0.15) is 6.10 Å². The lowest BCUT2D eigenvalue weighted by molar-refractivity contribution is -0.151. The second-order valence-corrected chi connectivity index (χ2v) is 5.53. The first-order valence-electron chi connectivity index (χ1n) is 7.48. The Balaban J connectivity index is 1.91.